The van der Waals surface area contributed by atoms with Gasteiger partial charge in [-0.3, -0.25) is 10.2 Å². The summed E-state index contributed by atoms with van der Waals surface area (Å²) in [6.45, 7) is 7.39. The Hall–Kier alpha value is -2.25. The van der Waals surface area contributed by atoms with Gasteiger partial charge in [-0.05, 0) is 43.9 Å². The summed E-state index contributed by atoms with van der Waals surface area (Å²) in [5, 5.41) is 7.63. The Morgan fingerprint density at radius 3 is 3.00 bits per heavy atom. The van der Waals surface area contributed by atoms with Crippen LogP contribution in [0.25, 0.3) is 10.9 Å². The van der Waals surface area contributed by atoms with E-state index < -0.39 is 0 Å². The number of aromatic nitrogens is 2. The van der Waals surface area contributed by atoms with E-state index in [1.54, 1.807) is 0 Å². The number of guanidine groups is 1. The van der Waals surface area contributed by atoms with Crippen molar-refractivity contribution in [3.63, 3.8) is 0 Å². The molecule has 0 radical (unpaired) electrons. The van der Waals surface area contributed by atoms with Gasteiger partial charge in [-0.15, -0.1) is 0 Å². The molecule has 1 aromatic heterocycles. The Morgan fingerprint density at radius 1 is 1.35 bits per heavy atom. The minimum atomic E-state index is 0.348. The largest absolute Gasteiger partial charge is 0.377 e. The standard InChI is InChI=1S/C19H26N6O/c1-3-14-6-7-17-16(9-14)13(2)22-19(23-17)24-18-20-11-25(12-21-18)10-15-5-4-8-26-15/h6-7,9,15H,3-5,8,10-12H2,1-2H3,(H2,20,21,22,23,24)/t15-/m1/s1. The van der Waals surface area contributed by atoms with Crippen LogP contribution in [0.1, 0.15) is 31.0 Å². The van der Waals surface area contributed by atoms with Crippen LogP contribution in [-0.4, -0.2) is 53.4 Å². The molecule has 0 amide bonds. The number of anilines is 1. The number of hydrogen-bond acceptors (Lipinski definition) is 7. The van der Waals surface area contributed by atoms with Crippen LogP contribution in [0.15, 0.2) is 23.2 Å². The SMILES string of the molecule is CCc1ccc2nc(NC3=NCN(C[C@H]4CCCO4)CN3)nc(C)c2c1. The van der Waals surface area contributed by atoms with Gasteiger partial charge in [0.2, 0.25) is 11.9 Å². The Labute approximate surface area is 153 Å². The number of aryl methyl sites for hydroxylation is 2. The monoisotopic (exact) mass is 354 g/mol. The molecule has 1 aromatic carbocycles. The summed E-state index contributed by atoms with van der Waals surface area (Å²) in [4.78, 5) is 16.0. The van der Waals surface area contributed by atoms with E-state index in [2.05, 4.69) is 55.6 Å². The summed E-state index contributed by atoms with van der Waals surface area (Å²) < 4.78 is 5.70. The lowest BCUT2D eigenvalue weighted by Crippen LogP contribution is -2.48. The third kappa shape index (κ3) is 3.78. The molecule has 0 aliphatic carbocycles. The number of benzene rings is 1. The lowest BCUT2D eigenvalue weighted by atomic mass is 10.1. The smallest absolute Gasteiger partial charge is 0.230 e. The first-order chi connectivity index (χ1) is 12.7. The molecule has 0 unspecified atom stereocenters. The molecule has 1 atom stereocenters. The minimum Gasteiger partial charge on any atom is -0.377 e. The number of aliphatic imine (C=N–C) groups is 1. The zero-order valence-electron chi connectivity index (χ0n) is 15.5. The molecule has 0 saturated carbocycles. The van der Waals surface area contributed by atoms with Crippen molar-refractivity contribution in [1.29, 1.82) is 0 Å². The van der Waals surface area contributed by atoms with Crippen molar-refractivity contribution in [3.05, 3.63) is 29.5 Å². The lowest BCUT2D eigenvalue weighted by Gasteiger charge is -2.28. The average Bonchev–Trinajstić information content (AvgIpc) is 3.16. The molecule has 2 aromatic rings. The van der Waals surface area contributed by atoms with Crippen molar-refractivity contribution in [3.8, 4) is 0 Å². The first kappa shape index (κ1) is 17.2. The Balaban J connectivity index is 1.43. The zero-order chi connectivity index (χ0) is 17.9. The first-order valence-electron chi connectivity index (χ1n) is 9.38. The van der Waals surface area contributed by atoms with Crippen LogP contribution >= 0.6 is 0 Å². The molecule has 4 rings (SSSR count). The van der Waals surface area contributed by atoms with E-state index in [1.807, 2.05) is 6.92 Å². The molecular formula is C19H26N6O. The maximum absolute atomic E-state index is 5.70. The molecule has 1 saturated heterocycles. The summed E-state index contributed by atoms with van der Waals surface area (Å²) in [6, 6.07) is 6.36. The molecule has 0 bridgehead atoms. The molecule has 1 fully saturated rings. The zero-order valence-corrected chi connectivity index (χ0v) is 15.5. The predicted molar refractivity (Wildman–Crippen MR) is 103 cm³/mol. The summed E-state index contributed by atoms with van der Waals surface area (Å²) in [7, 11) is 0. The Morgan fingerprint density at radius 2 is 2.27 bits per heavy atom. The number of hydrogen-bond donors (Lipinski definition) is 2. The highest BCUT2D eigenvalue weighted by Gasteiger charge is 2.21. The van der Waals surface area contributed by atoms with Crippen molar-refractivity contribution in [2.45, 2.75) is 39.2 Å². The topological polar surface area (TPSA) is 74.7 Å². The van der Waals surface area contributed by atoms with Gasteiger partial charge in [-0.1, -0.05) is 13.0 Å². The van der Waals surface area contributed by atoms with Crippen LogP contribution < -0.4 is 10.6 Å². The summed E-state index contributed by atoms with van der Waals surface area (Å²) >= 11 is 0. The van der Waals surface area contributed by atoms with Gasteiger partial charge in [-0.25, -0.2) is 15.0 Å². The van der Waals surface area contributed by atoms with Gasteiger partial charge in [-0.2, -0.15) is 0 Å². The molecule has 7 heteroatoms. The molecule has 3 heterocycles. The number of nitrogens with one attached hydrogen (secondary N) is 2. The molecule has 2 aliphatic heterocycles. The van der Waals surface area contributed by atoms with Crippen molar-refractivity contribution in [1.82, 2.24) is 20.2 Å². The number of fused-ring (bicyclic) bond motifs is 1. The van der Waals surface area contributed by atoms with Crippen molar-refractivity contribution in [2.75, 3.05) is 31.8 Å². The molecular weight excluding hydrogens is 328 g/mol. The van der Waals surface area contributed by atoms with Crippen LogP contribution in [0, 0.1) is 6.92 Å². The van der Waals surface area contributed by atoms with E-state index in [-0.39, 0.29) is 0 Å². The maximum Gasteiger partial charge on any atom is 0.230 e. The molecule has 138 valence electrons. The van der Waals surface area contributed by atoms with Gasteiger partial charge in [0.1, 0.15) is 0 Å². The van der Waals surface area contributed by atoms with E-state index in [0.717, 1.165) is 55.2 Å². The van der Waals surface area contributed by atoms with Crippen LogP contribution in [-0.2, 0) is 11.2 Å². The highest BCUT2D eigenvalue weighted by atomic mass is 16.5. The first-order valence-corrected chi connectivity index (χ1v) is 9.38. The van der Waals surface area contributed by atoms with Crippen molar-refractivity contribution in [2.24, 2.45) is 4.99 Å². The second kappa shape index (κ2) is 7.55. The fourth-order valence-electron chi connectivity index (χ4n) is 3.46. The van der Waals surface area contributed by atoms with Crippen LogP contribution in [0.5, 0.6) is 0 Å². The second-order valence-electron chi connectivity index (χ2n) is 6.93. The number of rotatable bonds is 4. The molecule has 2 aliphatic rings. The average molecular weight is 354 g/mol. The number of nitrogens with zero attached hydrogens (tertiary/aromatic N) is 4. The molecule has 0 spiro atoms. The van der Waals surface area contributed by atoms with E-state index >= 15 is 0 Å². The van der Waals surface area contributed by atoms with Crippen molar-refractivity contribution >= 4 is 22.8 Å². The van der Waals surface area contributed by atoms with Crippen LogP contribution in [0.2, 0.25) is 0 Å². The minimum absolute atomic E-state index is 0.348. The van der Waals surface area contributed by atoms with Gasteiger partial charge in [0.05, 0.1) is 30.7 Å². The van der Waals surface area contributed by atoms with E-state index in [1.165, 1.54) is 12.0 Å². The Bertz CT molecular complexity index is 815. The summed E-state index contributed by atoms with van der Waals surface area (Å²) in [5.41, 5.74) is 3.23. The van der Waals surface area contributed by atoms with Crippen molar-refractivity contribution < 1.29 is 4.74 Å². The van der Waals surface area contributed by atoms with E-state index in [4.69, 9.17) is 4.74 Å². The third-order valence-corrected chi connectivity index (χ3v) is 4.97. The van der Waals surface area contributed by atoms with Gasteiger partial charge < -0.3 is 10.1 Å². The fraction of sp³-hybridized carbons (Fsp3) is 0.526. The quantitative estimate of drug-likeness (QED) is 0.877. The molecule has 26 heavy (non-hydrogen) atoms. The van der Waals surface area contributed by atoms with Gasteiger partial charge in [0.15, 0.2) is 0 Å². The highest BCUT2D eigenvalue weighted by Crippen LogP contribution is 2.19. The lowest BCUT2D eigenvalue weighted by molar-refractivity contribution is 0.0715. The fourth-order valence-corrected chi connectivity index (χ4v) is 3.46. The van der Waals surface area contributed by atoms with Crippen LogP contribution in [0.3, 0.4) is 0 Å². The van der Waals surface area contributed by atoms with Gasteiger partial charge >= 0.3 is 0 Å². The van der Waals surface area contributed by atoms with Gasteiger partial charge in [0.25, 0.3) is 0 Å². The number of ether oxygens (including phenoxy) is 1. The van der Waals surface area contributed by atoms with Crippen LogP contribution in [0.4, 0.5) is 5.95 Å². The van der Waals surface area contributed by atoms with E-state index in [9.17, 15) is 0 Å². The maximum atomic E-state index is 5.70. The summed E-state index contributed by atoms with van der Waals surface area (Å²) in [6.07, 6.45) is 3.68. The second-order valence-corrected chi connectivity index (χ2v) is 6.93. The normalized spacial score (nSPS) is 20.8. The summed E-state index contributed by atoms with van der Waals surface area (Å²) in [5.74, 6) is 1.30. The molecule has 2 N–H and O–H groups in total. The van der Waals surface area contributed by atoms with E-state index in [0.29, 0.717) is 18.7 Å². The van der Waals surface area contributed by atoms with Gasteiger partial charge in [0, 0.05) is 18.5 Å². The Kier molecular flexibility index (Phi) is 4.99. The third-order valence-electron chi connectivity index (χ3n) is 4.97. The molecule has 7 nitrogen and oxygen atoms in total. The predicted octanol–water partition coefficient (Wildman–Crippen LogP) is 2.27. The highest BCUT2D eigenvalue weighted by molar-refractivity contribution is 5.93.